The number of aromatic hydroxyl groups is 1. The maximum Gasteiger partial charge on any atom is 0.220 e. The van der Waals surface area contributed by atoms with Crippen molar-refractivity contribution in [3.05, 3.63) is 29.8 Å². The Bertz CT molecular complexity index is 344. The topological polar surface area (TPSA) is 49.3 Å². The highest BCUT2D eigenvalue weighted by Gasteiger charge is 2.03. The number of hydrogen-bond acceptors (Lipinski definition) is 2. The minimum absolute atomic E-state index is 0.130. The summed E-state index contributed by atoms with van der Waals surface area (Å²) in [5.74, 6) is 0.830. The van der Waals surface area contributed by atoms with Gasteiger partial charge >= 0.3 is 0 Å². The van der Waals surface area contributed by atoms with Gasteiger partial charge in [0.15, 0.2) is 0 Å². The molecule has 0 aliphatic rings. The van der Waals surface area contributed by atoms with E-state index in [-0.39, 0.29) is 5.91 Å². The van der Waals surface area contributed by atoms with Gasteiger partial charge in [-0.2, -0.15) is 0 Å². The van der Waals surface area contributed by atoms with E-state index in [1.807, 2.05) is 26.0 Å². The second kappa shape index (κ2) is 6.94. The zero-order valence-electron chi connectivity index (χ0n) is 10.6. The summed E-state index contributed by atoms with van der Waals surface area (Å²) in [5.41, 5.74) is 1.18. The van der Waals surface area contributed by atoms with E-state index >= 15 is 0 Å². The molecule has 0 radical (unpaired) electrons. The Labute approximate surface area is 103 Å². The first-order valence-electron chi connectivity index (χ1n) is 6.12. The number of carbonyl (C=O) groups excluding carboxylic acids is 1. The van der Waals surface area contributed by atoms with Crippen LogP contribution in [0, 0.1) is 5.92 Å². The van der Waals surface area contributed by atoms with Crippen molar-refractivity contribution in [3.8, 4) is 5.75 Å². The van der Waals surface area contributed by atoms with Crippen LogP contribution in [0.1, 0.15) is 32.3 Å². The lowest BCUT2D eigenvalue weighted by molar-refractivity contribution is -0.121. The molecule has 1 amide bonds. The van der Waals surface area contributed by atoms with Crippen LogP contribution in [0.3, 0.4) is 0 Å². The molecule has 3 heteroatoms. The maximum atomic E-state index is 11.4. The molecular formula is C14H21NO2. The highest BCUT2D eigenvalue weighted by molar-refractivity contribution is 5.75. The van der Waals surface area contributed by atoms with Crippen molar-refractivity contribution >= 4 is 5.91 Å². The summed E-state index contributed by atoms with van der Waals surface area (Å²) in [7, 11) is 0. The van der Waals surface area contributed by atoms with Crippen LogP contribution in [0.2, 0.25) is 0 Å². The number of aryl methyl sites for hydroxylation is 1. The Balaban J connectivity index is 2.16. The number of carbonyl (C=O) groups is 1. The zero-order chi connectivity index (χ0) is 12.7. The molecule has 0 bridgehead atoms. The second-order valence-corrected chi connectivity index (χ2v) is 4.72. The minimum atomic E-state index is 0.130. The molecular weight excluding hydrogens is 214 g/mol. The van der Waals surface area contributed by atoms with Gasteiger partial charge < -0.3 is 10.4 Å². The molecule has 0 atom stereocenters. The first-order chi connectivity index (χ1) is 8.08. The Hall–Kier alpha value is -1.51. The van der Waals surface area contributed by atoms with Crippen molar-refractivity contribution in [1.82, 2.24) is 5.32 Å². The molecule has 0 aliphatic heterocycles. The predicted molar refractivity (Wildman–Crippen MR) is 68.9 cm³/mol. The smallest absolute Gasteiger partial charge is 0.220 e. The van der Waals surface area contributed by atoms with E-state index < -0.39 is 0 Å². The predicted octanol–water partition coefficient (Wildman–Crippen LogP) is 2.49. The van der Waals surface area contributed by atoms with Crippen LogP contribution < -0.4 is 5.32 Å². The van der Waals surface area contributed by atoms with Crippen LogP contribution in [0.25, 0.3) is 0 Å². The molecule has 0 unspecified atom stereocenters. The number of amides is 1. The fourth-order valence-electron chi connectivity index (χ4n) is 1.63. The van der Waals surface area contributed by atoms with Crippen LogP contribution >= 0.6 is 0 Å². The van der Waals surface area contributed by atoms with E-state index in [0.29, 0.717) is 24.6 Å². The molecule has 0 heterocycles. The molecule has 0 aromatic heterocycles. The molecule has 1 aromatic carbocycles. The van der Waals surface area contributed by atoms with Crippen molar-refractivity contribution in [2.45, 2.75) is 33.1 Å². The van der Waals surface area contributed by atoms with Crippen molar-refractivity contribution in [3.63, 3.8) is 0 Å². The third-order valence-electron chi connectivity index (χ3n) is 2.49. The van der Waals surface area contributed by atoms with Crippen LogP contribution in [0.15, 0.2) is 24.3 Å². The largest absolute Gasteiger partial charge is 0.508 e. The van der Waals surface area contributed by atoms with Crippen LogP contribution in [-0.4, -0.2) is 17.6 Å². The Kier molecular flexibility index (Phi) is 5.53. The maximum absolute atomic E-state index is 11.4. The van der Waals surface area contributed by atoms with Gasteiger partial charge in [0.05, 0.1) is 0 Å². The number of nitrogens with one attached hydrogen (secondary N) is 1. The molecule has 0 spiro atoms. The summed E-state index contributed by atoms with van der Waals surface area (Å²) in [5, 5.41) is 12.0. The van der Waals surface area contributed by atoms with Gasteiger partial charge in [-0.05, 0) is 36.5 Å². The first-order valence-corrected chi connectivity index (χ1v) is 6.12. The van der Waals surface area contributed by atoms with Crippen LogP contribution in [0.4, 0.5) is 0 Å². The normalized spacial score (nSPS) is 10.5. The molecule has 94 valence electrons. The van der Waals surface area contributed by atoms with E-state index in [1.54, 1.807) is 12.1 Å². The van der Waals surface area contributed by atoms with E-state index in [4.69, 9.17) is 5.11 Å². The number of benzene rings is 1. The standard InChI is InChI=1S/C14H21NO2/c1-11(2)10-14(17)15-9-3-4-12-5-7-13(16)8-6-12/h5-8,11,16H,3-4,9-10H2,1-2H3,(H,15,17). The molecule has 1 rings (SSSR count). The van der Waals surface area contributed by atoms with Gasteiger partial charge in [-0.1, -0.05) is 26.0 Å². The second-order valence-electron chi connectivity index (χ2n) is 4.72. The van der Waals surface area contributed by atoms with Crippen molar-refractivity contribution in [1.29, 1.82) is 0 Å². The Morgan fingerprint density at radius 1 is 1.29 bits per heavy atom. The molecule has 1 aromatic rings. The quantitative estimate of drug-likeness (QED) is 0.744. The molecule has 0 fully saturated rings. The van der Waals surface area contributed by atoms with Gasteiger partial charge in [0.1, 0.15) is 5.75 Å². The zero-order valence-corrected chi connectivity index (χ0v) is 10.6. The summed E-state index contributed by atoms with van der Waals surface area (Å²) in [6, 6.07) is 7.19. The molecule has 0 saturated heterocycles. The lowest BCUT2D eigenvalue weighted by Gasteiger charge is -2.07. The third-order valence-corrected chi connectivity index (χ3v) is 2.49. The highest BCUT2D eigenvalue weighted by Crippen LogP contribution is 2.10. The van der Waals surface area contributed by atoms with Gasteiger partial charge in [0, 0.05) is 13.0 Å². The minimum Gasteiger partial charge on any atom is -0.508 e. The van der Waals surface area contributed by atoms with Crippen molar-refractivity contribution in [2.24, 2.45) is 5.92 Å². The van der Waals surface area contributed by atoms with Gasteiger partial charge in [0.2, 0.25) is 5.91 Å². The van der Waals surface area contributed by atoms with Gasteiger partial charge in [-0.15, -0.1) is 0 Å². The van der Waals surface area contributed by atoms with Crippen molar-refractivity contribution in [2.75, 3.05) is 6.54 Å². The lowest BCUT2D eigenvalue weighted by Crippen LogP contribution is -2.25. The number of phenolic OH excluding ortho intramolecular Hbond substituents is 1. The summed E-state index contributed by atoms with van der Waals surface area (Å²) >= 11 is 0. The summed E-state index contributed by atoms with van der Waals surface area (Å²) in [4.78, 5) is 11.4. The summed E-state index contributed by atoms with van der Waals surface area (Å²) in [6.45, 7) is 4.79. The van der Waals surface area contributed by atoms with Crippen LogP contribution in [-0.2, 0) is 11.2 Å². The van der Waals surface area contributed by atoms with Crippen molar-refractivity contribution < 1.29 is 9.90 Å². The monoisotopic (exact) mass is 235 g/mol. The number of phenols is 1. The van der Waals surface area contributed by atoms with Gasteiger partial charge in [-0.3, -0.25) is 4.79 Å². The number of rotatable bonds is 6. The summed E-state index contributed by atoms with van der Waals surface area (Å²) < 4.78 is 0. The summed E-state index contributed by atoms with van der Waals surface area (Å²) in [6.07, 6.45) is 2.44. The Morgan fingerprint density at radius 3 is 2.53 bits per heavy atom. The average Bonchev–Trinajstić information content (AvgIpc) is 2.26. The molecule has 0 aliphatic carbocycles. The van der Waals surface area contributed by atoms with E-state index in [2.05, 4.69) is 5.32 Å². The molecule has 3 nitrogen and oxygen atoms in total. The first kappa shape index (κ1) is 13.6. The molecule has 0 saturated carbocycles. The SMILES string of the molecule is CC(C)CC(=O)NCCCc1ccc(O)cc1. The fourth-order valence-corrected chi connectivity index (χ4v) is 1.63. The van der Waals surface area contributed by atoms with E-state index in [1.165, 1.54) is 5.56 Å². The highest BCUT2D eigenvalue weighted by atomic mass is 16.3. The van der Waals surface area contributed by atoms with Gasteiger partial charge in [0.25, 0.3) is 0 Å². The third kappa shape index (κ3) is 5.95. The Morgan fingerprint density at radius 2 is 1.94 bits per heavy atom. The lowest BCUT2D eigenvalue weighted by atomic mass is 10.1. The average molecular weight is 235 g/mol. The van der Waals surface area contributed by atoms with Crippen LogP contribution in [0.5, 0.6) is 5.75 Å². The molecule has 2 N–H and O–H groups in total. The fraction of sp³-hybridized carbons (Fsp3) is 0.500. The van der Waals surface area contributed by atoms with Gasteiger partial charge in [-0.25, -0.2) is 0 Å². The molecule has 17 heavy (non-hydrogen) atoms. The number of hydrogen-bond donors (Lipinski definition) is 2. The van der Waals surface area contributed by atoms with E-state index in [9.17, 15) is 4.79 Å². The van der Waals surface area contributed by atoms with E-state index in [0.717, 1.165) is 12.8 Å².